The van der Waals surface area contributed by atoms with Gasteiger partial charge in [0.25, 0.3) is 5.69 Å². The molecule has 1 aromatic carbocycles. The van der Waals surface area contributed by atoms with Crippen LogP contribution in [-0.4, -0.2) is 22.2 Å². The normalized spacial score (nSPS) is 10.5. The number of carbonyl (C=O) groups is 1. The van der Waals surface area contributed by atoms with Crippen molar-refractivity contribution >= 4 is 17.9 Å². The van der Waals surface area contributed by atoms with Gasteiger partial charge in [-0.2, -0.15) is 5.10 Å². The molecule has 0 saturated heterocycles. The van der Waals surface area contributed by atoms with Crippen LogP contribution in [0.15, 0.2) is 47.7 Å². The number of pyridine rings is 1. The van der Waals surface area contributed by atoms with E-state index in [4.69, 9.17) is 5.73 Å². The van der Waals surface area contributed by atoms with E-state index in [1.807, 2.05) is 0 Å². The standard InChI is InChI=1S/C13H11N5O3/c14-13(19)17-16-7-9-1-3-10(4-2-9)12-6-5-11(8-15-12)18(20)21/h1-8H,(H3,14,17,19). The first-order valence-corrected chi connectivity index (χ1v) is 5.85. The van der Waals surface area contributed by atoms with Crippen LogP contribution in [0.5, 0.6) is 0 Å². The number of nitrogens with two attached hydrogens (primary N) is 1. The van der Waals surface area contributed by atoms with Gasteiger partial charge in [-0.1, -0.05) is 24.3 Å². The van der Waals surface area contributed by atoms with Crippen LogP contribution in [0.3, 0.4) is 0 Å². The van der Waals surface area contributed by atoms with E-state index in [0.717, 1.165) is 11.1 Å². The van der Waals surface area contributed by atoms with Crippen LogP contribution in [-0.2, 0) is 0 Å². The third kappa shape index (κ3) is 3.83. The summed E-state index contributed by atoms with van der Waals surface area (Å²) < 4.78 is 0. The summed E-state index contributed by atoms with van der Waals surface area (Å²) in [6.45, 7) is 0. The van der Waals surface area contributed by atoms with Crippen molar-refractivity contribution in [3.05, 3.63) is 58.3 Å². The maximum Gasteiger partial charge on any atom is 0.332 e. The van der Waals surface area contributed by atoms with Gasteiger partial charge in [0.2, 0.25) is 0 Å². The summed E-state index contributed by atoms with van der Waals surface area (Å²) in [4.78, 5) is 24.5. The van der Waals surface area contributed by atoms with Crippen LogP contribution >= 0.6 is 0 Å². The maximum absolute atomic E-state index is 10.6. The number of primary amides is 1. The number of nitrogens with zero attached hydrogens (tertiary/aromatic N) is 3. The lowest BCUT2D eigenvalue weighted by Gasteiger charge is -2.01. The molecule has 2 aromatic rings. The van der Waals surface area contributed by atoms with Gasteiger partial charge < -0.3 is 5.73 Å². The number of nitrogens with one attached hydrogen (secondary N) is 1. The zero-order valence-corrected chi connectivity index (χ0v) is 10.8. The molecule has 1 aromatic heterocycles. The molecule has 0 unspecified atom stereocenters. The van der Waals surface area contributed by atoms with Crippen LogP contribution in [0, 0.1) is 10.1 Å². The lowest BCUT2D eigenvalue weighted by Crippen LogP contribution is -2.24. The second-order valence-corrected chi connectivity index (χ2v) is 4.02. The number of urea groups is 1. The molecule has 0 saturated carbocycles. The molecule has 8 nitrogen and oxygen atoms in total. The third-order valence-electron chi connectivity index (χ3n) is 2.55. The molecule has 0 atom stereocenters. The average molecular weight is 285 g/mol. The highest BCUT2D eigenvalue weighted by Gasteiger charge is 2.06. The molecule has 0 spiro atoms. The molecule has 2 amide bonds. The van der Waals surface area contributed by atoms with Crippen LogP contribution in [0.4, 0.5) is 10.5 Å². The lowest BCUT2D eigenvalue weighted by atomic mass is 10.1. The van der Waals surface area contributed by atoms with E-state index < -0.39 is 11.0 Å². The molecule has 0 aliphatic heterocycles. The SMILES string of the molecule is NC(=O)NN=Cc1ccc(-c2ccc([N+](=O)[O-])cn2)cc1. The molecule has 0 bridgehead atoms. The second-order valence-electron chi connectivity index (χ2n) is 4.02. The van der Waals surface area contributed by atoms with Gasteiger partial charge in [0.05, 0.1) is 16.8 Å². The topological polar surface area (TPSA) is 124 Å². The van der Waals surface area contributed by atoms with Gasteiger partial charge in [-0.05, 0) is 11.6 Å². The Balaban J connectivity index is 2.13. The maximum atomic E-state index is 10.6. The highest BCUT2D eigenvalue weighted by Crippen LogP contribution is 2.19. The molecule has 0 radical (unpaired) electrons. The minimum absolute atomic E-state index is 0.0555. The molecule has 21 heavy (non-hydrogen) atoms. The minimum atomic E-state index is -0.738. The first-order valence-electron chi connectivity index (χ1n) is 5.85. The Hall–Kier alpha value is -3.29. The zero-order chi connectivity index (χ0) is 15.2. The monoisotopic (exact) mass is 285 g/mol. The van der Waals surface area contributed by atoms with Crippen molar-refractivity contribution in [2.75, 3.05) is 0 Å². The number of benzene rings is 1. The van der Waals surface area contributed by atoms with Crippen LogP contribution < -0.4 is 11.2 Å². The Morgan fingerprint density at radius 2 is 2.00 bits per heavy atom. The van der Waals surface area contributed by atoms with E-state index >= 15 is 0 Å². The van der Waals surface area contributed by atoms with Crippen molar-refractivity contribution in [3.63, 3.8) is 0 Å². The number of hydrazone groups is 1. The van der Waals surface area contributed by atoms with Gasteiger partial charge in [-0.3, -0.25) is 10.1 Å². The Kier molecular flexibility index (Phi) is 4.20. The number of nitro groups is 1. The zero-order valence-electron chi connectivity index (χ0n) is 10.8. The Bertz CT molecular complexity index is 680. The summed E-state index contributed by atoms with van der Waals surface area (Å²) in [6.07, 6.45) is 2.65. The number of hydrogen-bond donors (Lipinski definition) is 2. The highest BCUT2D eigenvalue weighted by atomic mass is 16.6. The molecule has 2 rings (SSSR count). The van der Waals surface area contributed by atoms with Crippen LogP contribution in [0.25, 0.3) is 11.3 Å². The van der Waals surface area contributed by atoms with Crippen molar-refractivity contribution in [1.29, 1.82) is 0 Å². The van der Waals surface area contributed by atoms with Crippen LogP contribution in [0.2, 0.25) is 0 Å². The molecule has 0 fully saturated rings. The molecule has 106 valence electrons. The summed E-state index contributed by atoms with van der Waals surface area (Å²) in [6, 6.07) is 9.36. The van der Waals surface area contributed by atoms with Crippen molar-refractivity contribution in [3.8, 4) is 11.3 Å². The fourth-order valence-corrected chi connectivity index (χ4v) is 1.58. The van der Waals surface area contributed by atoms with Crippen molar-refractivity contribution < 1.29 is 9.72 Å². The summed E-state index contributed by atoms with van der Waals surface area (Å²) in [5.74, 6) is 0. The van der Waals surface area contributed by atoms with Crippen molar-refractivity contribution in [2.45, 2.75) is 0 Å². The minimum Gasteiger partial charge on any atom is -0.350 e. The Morgan fingerprint density at radius 3 is 2.52 bits per heavy atom. The smallest absolute Gasteiger partial charge is 0.332 e. The molecular formula is C13H11N5O3. The fraction of sp³-hybridized carbons (Fsp3) is 0. The van der Waals surface area contributed by atoms with Gasteiger partial charge in [0.1, 0.15) is 6.20 Å². The van der Waals surface area contributed by atoms with E-state index in [1.54, 1.807) is 30.3 Å². The summed E-state index contributed by atoms with van der Waals surface area (Å²) in [5, 5.41) is 14.2. The molecule has 3 N–H and O–H groups in total. The number of carbonyl (C=O) groups excluding carboxylic acids is 1. The number of hydrogen-bond acceptors (Lipinski definition) is 5. The molecule has 8 heteroatoms. The van der Waals surface area contributed by atoms with Gasteiger partial charge >= 0.3 is 6.03 Å². The number of rotatable bonds is 4. The average Bonchev–Trinajstić information content (AvgIpc) is 2.48. The Morgan fingerprint density at radius 1 is 1.29 bits per heavy atom. The van der Waals surface area contributed by atoms with E-state index in [9.17, 15) is 14.9 Å². The highest BCUT2D eigenvalue weighted by molar-refractivity contribution is 5.82. The molecular weight excluding hydrogens is 274 g/mol. The third-order valence-corrected chi connectivity index (χ3v) is 2.55. The van der Waals surface area contributed by atoms with Crippen molar-refractivity contribution in [2.24, 2.45) is 10.8 Å². The second kappa shape index (κ2) is 6.24. The Labute approximate surface area is 119 Å². The fourth-order valence-electron chi connectivity index (χ4n) is 1.58. The summed E-state index contributed by atoms with van der Waals surface area (Å²) >= 11 is 0. The van der Waals surface area contributed by atoms with Gasteiger partial charge in [0, 0.05) is 11.6 Å². The predicted octanol–water partition coefficient (Wildman–Crippen LogP) is 1.66. The van der Waals surface area contributed by atoms with E-state index in [-0.39, 0.29) is 5.69 Å². The van der Waals surface area contributed by atoms with E-state index in [2.05, 4.69) is 15.5 Å². The first-order chi connectivity index (χ1) is 10.1. The van der Waals surface area contributed by atoms with Gasteiger partial charge in [-0.15, -0.1) is 0 Å². The first kappa shape index (κ1) is 14.1. The van der Waals surface area contributed by atoms with Crippen LogP contribution in [0.1, 0.15) is 5.56 Å². The largest absolute Gasteiger partial charge is 0.350 e. The molecule has 0 aliphatic rings. The van der Waals surface area contributed by atoms with Crippen molar-refractivity contribution in [1.82, 2.24) is 10.4 Å². The molecule has 0 aliphatic carbocycles. The van der Waals surface area contributed by atoms with E-state index in [1.165, 1.54) is 18.5 Å². The van der Waals surface area contributed by atoms with E-state index in [0.29, 0.717) is 5.69 Å². The molecule has 1 heterocycles. The quantitative estimate of drug-likeness (QED) is 0.503. The number of amides is 2. The summed E-state index contributed by atoms with van der Waals surface area (Å²) in [7, 11) is 0. The van der Waals surface area contributed by atoms with Gasteiger partial charge in [0.15, 0.2) is 0 Å². The summed E-state index contributed by atoms with van der Waals surface area (Å²) in [5.41, 5.74) is 9.10. The lowest BCUT2D eigenvalue weighted by molar-refractivity contribution is -0.385. The number of aromatic nitrogens is 1. The van der Waals surface area contributed by atoms with Gasteiger partial charge in [-0.25, -0.2) is 15.2 Å². The predicted molar refractivity (Wildman–Crippen MR) is 76.6 cm³/mol.